The Labute approximate surface area is 115 Å². The first kappa shape index (κ1) is 15.6. The summed E-state index contributed by atoms with van der Waals surface area (Å²) in [6.07, 6.45) is 3.49. The Bertz CT molecular complexity index is 394. The van der Waals surface area contributed by atoms with E-state index in [0.29, 0.717) is 12.3 Å². The zero-order chi connectivity index (χ0) is 14.3. The van der Waals surface area contributed by atoms with E-state index in [0.717, 1.165) is 24.6 Å². The summed E-state index contributed by atoms with van der Waals surface area (Å²) in [7, 11) is 0. The van der Waals surface area contributed by atoms with E-state index in [-0.39, 0.29) is 5.75 Å². The number of unbranched alkanes of at least 4 members (excludes halogenated alkanes) is 1. The van der Waals surface area contributed by atoms with Gasteiger partial charge in [-0.1, -0.05) is 26.7 Å². The van der Waals surface area contributed by atoms with Gasteiger partial charge in [0.1, 0.15) is 0 Å². The zero-order valence-corrected chi connectivity index (χ0v) is 12.1. The average molecular weight is 268 g/mol. The van der Waals surface area contributed by atoms with Crippen LogP contribution in [-0.2, 0) is 0 Å². The van der Waals surface area contributed by atoms with Gasteiger partial charge in [-0.05, 0) is 19.3 Å². The van der Waals surface area contributed by atoms with Gasteiger partial charge in [-0.15, -0.1) is 0 Å². The second-order valence-corrected chi connectivity index (χ2v) is 5.12. The van der Waals surface area contributed by atoms with Crippen LogP contribution in [0.2, 0.25) is 0 Å². The van der Waals surface area contributed by atoms with Gasteiger partial charge in [0, 0.05) is 18.7 Å². The first-order valence-electron chi connectivity index (χ1n) is 7.00. The molecule has 0 unspecified atom stereocenters. The molecule has 3 nitrogen and oxygen atoms in total. The van der Waals surface area contributed by atoms with E-state index < -0.39 is 5.82 Å². The summed E-state index contributed by atoms with van der Waals surface area (Å²) in [6.45, 7) is 7.55. The van der Waals surface area contributed by atoms with Crippen molar-refractivity contribution in [3.05, 3.63) is 17.9 Å². The Kier molecular flexibility index (Phi) is 6.46. The summed E-state index contributed by atoms with van der Waals surface area (Å²) in [5.41, 5.74) is 6.96. The van der Waals surface area contributed by atoms with Gasteiger partial charge in [0.05, 0.1) is 18.0 Å². The molecule has 0 radical (unpaired) electrons. The lowest BCUT2D eigenvalue weighted by atomic mass is 10.1. The Morgan fingerprint density at radius 2 is 2.05 bits per heavy atom. The van der Waals surface area contributed by atoms with E-state index in [1.54, 1.807) is 6.07 Å². The van der Waals surface area contributed by atoms with Crippen LogP contribution in [0.15, 0.2) is 12.1 Å². The first-order chi connectivity index (χ1) is 9.04. The smallest absolute Gasteiger partial charge is 0.167 e. The molecule has 0 aliphatic rings. The molecule has 0 spiro atoms. The third kappa shape index (κ3) is 5.37. The van der Waals surface area contributed by atoms with E-state index in [4.69, 9.17) is 10.5 Å². The minimum absolute atomic E-state index is 0.251. The van der Waals surface area contributed by atoms with Gasteiger partial charge in [0.2, 0.25) is 0 Å². The van der Waals surface area contributed by atoms with Crippen LogP contribution in [0.4, 0.5) is 15.8 Å². The van der Waals surface area contributed by atoms with Gasteiger partial charge in [-0.3, -0.25) is 0 Å². The van der Waals surface area contributed by atoms with Crippen molar-refractivity contribution in [1.82, 2.24) is 0 Å². The van der Waals surface area contributed by atoms with Crippen LogP contribution in [0.1, 0.15) is 40.0 Å². The quantitative estimate of drug-likeness (QED) is 0.552. The number of hydrogen-bond donors (Lipinski definition) is 2. The van der Waals surface area contributed by atoms with Gasteiger partial charge in [-0.25, -0.2) is 4.39 Å². The number of anilines is 2. The SMILES string of the molecule is CCOc1cc(NCCCCC(C)C)c(N)cc1F. The molecule has 0 saturated heterocycles. The van der Waals surface area contributed by atoms with E-state index in [1.165, 1.54) is 18.9 Å². The molecule has 0 aliphatic carbocycles. The monoisotopic (exact) mass is 268 g/mol. The number of ether oxygens (including phenoxy) is 1. The van der Waals surface area contributed by atoms with Crippen LogP contribution in [0.25, 0.3) is 0 Å². The van der Waals surface area contributed by atoms with Gasteiger partial charge in [0.15, 0.2) is 11.6 Å². The van der Waals surface area contributed by atoms with Crippen molar-refractivity contribution in [3.8, 4) is 5.75 Å². The molecular formula is C15H25FN2O. The second kappa shape index (κ2) is 7.87. The lowest BCUT2D eigenvalue weighted by Crippen LogP contribution is -2.06. The summed E-state index contributed by atoms with van der Waals surface area (Å²) in [4.78, 5) is 0. The van der Waals surface area contributed by atoms with Crippen molar-refractivity contribution in [1.29, 1.82) is 0 Å². The number of benzene rings is 1. The highest BCUT2D eigenvalue weighted by Gasteiger charge is 2.08. The Hall–Kier alpha value is -1.45. The van der Waals surface area contributed by atoms with Crippen LogP contribution in [0.5, 0.6) is 5.75 Å². The van der Waals surface area contributed by atoms with Gasteiger partial charge in [-0.2, -0.15) is 0 Å². The molecule has 1 aromatic carbocycles. The Morgan fingerprint density at radius 1 is 1.32 bits per heavy atom. The predicted octanol–water partition coefficient (Wildman–Crippen LogP) is 4.04. The van der Waals surface area contributed by atoms with Crippen LogP contribution in [0, 0.1) is 11.7 Å². The fourth-order valence-corrected chi connectivity index (χ4v) is 1.89. The number of nitrogen functional groups attached to an aromatic ring is 1. The van der Waals surface area contributed by atoms with Crippen molar-refractivity contribution in [2.45, 2.75) is 40.0 Å². The number of halogens is 1. The zero-order valence-electron chi connectivity index (χ0n) is 12.1. The molecule has 0 atom stereocenters. The Morgan fingerprint density at radius 3 is 2.68 bits per heavy atom. The first-order valence-corrected chi connectivity index (χ1v) is 7.00. The van der Waals surface area contributed by atoms with Crippen molar-refractivity contribution >= 4 is 11.4 Å². The number of nitrogens with two attached hydrogens (primary N) is 1. The molecule has 0 bridgehead atoms. The summed E-state index contributed by atoms with van der Waals surface area (Å²) >= 11 is 0. The predicted molar refractivity (Wildman–Crippen MR) is 79.2 cm³/mol. The third-order valence-electron chi connectivity index (χ3n) is 2.93. The molecule has 0 aliphatic heterocycles. The molecule has 1 aromatic rings. The largest absolute Gasteiger partial charge is 0.491 e. The normalized spacial score (nSPS) is 10.8. The summed E-state index contributed by atoms with van der Waals surface area (Å²) < 4.78 is 18.7. The third-order valence-corrected chi connectivity index (χ3v) is 2.93. The van der Waals surface area contributed by atoms with Crippen LogP contribution >= 0.6 is 0 Å². The summed E-state index contributed by atoms with van der Waals surface area (Å²) in [6, 6.07) is 2.94. The maximum absolute atomic E-state index is 13.5. The van der Waals surface area contributed by atoms with E-state index in [2.05, 4.69) is 19.2 Å². The van der Waals surface area contributed by atoms with Crippen molar-refractivity contribution < 1.29 is 9.13 Å². The molecule has 0 saturated carbocycles. The second-order valence-electron chi connectivity index (χ2n) is 5.12. The average Bonchev–Trinajstić information content (AvgIpc) is 2.33. The standard InChI is InChI=1S/C15H25FN2O/c1-4-19-15-10-14(13(17)9-12(15)16)18-8-6-5-7-11(2)3/h9-11,18H,4-8,17H2,1-3H3. The molecule has 108 valence electrons. The van der Waals surface area contributed by atoms with Gasteiger partial charge < -0.3 is 15.8 Å². The van der Waals surface area contributed by atoms with Crippen molar-refractivity contribution in [2.75, 3.05) is 24.2 Å². The lowest BCUT2D eigenvalue weighted by Gasteiger charge is -2.13. The maximum atomic E-state index is 13.5. The molecule has 19 heavy (non-hydrogen) atoms. The summed E-state index contributed by atoms with van der Waals surface area (Å²) in [5.74, 6) is 0.575. The minimum atomic E-state index is -0.412. The molecule has 0 aromatic heterocycles. The van der Waals surface area contributed by atoms with Gasteiger partial charge in [0.25, 0.3) is 0 Å². The highest BCUT2D eigenvalue weighted by molar-refractivity contribution is 5.68. The highest BCUT2D eigenvalue weighted by Crippen LogP contribution is 2.28. The maximum Gasteiger partial charge on any atom is 0.167 e. The number of nitrogens with one attached hydrogen (secondary N) is 1. The van der Waals surface area contributed by atoms with E-state index in [9.17, 15) is 4.39 Å². The molecular weight excluding hydrogens is 243 g/mol. The van der Waals surface area contributed by atoms with Crippen LogP contribution < -0.4 is 15.8 Å². The van der Waals surface area contributed by atoms with Crippen molar-refractivity contribution in [3.63, 3.8) is 0 Å². The molecule has 4 heteroatoms. The highest BCUT2D eigenvalue weighted by atomic mass is 19.1. The fourth-order valence-electron chi connectivity index (χ4n) is 1.89. The van der Waals surface area contributed by atoms with Crippen LogP contribution in [-0.4, -0.2) is 13.2 Å². The summed E-state index contributed by atoms with van der Waals surface area (Å²) in [5, 5.41) is 3.24. The molecule has 0 amide bonds. The minimum Gasteiger partial charge on any atom is -0.491 e. The van der Waals surface area contributed by atoms with E-state index in [1.807, 2.05) is 6.92 Å². The topological polar surface area (TPSA) is 47.3 Å². The lowest BCUT2D eigenvalue weighted by molar-refractivity contribution is 0.322. The fraction of sp³-hybridized carbons (Fsp3) is 0.600. The molecule has 0 fully saturated rings. The number of hydrogen-bond acceptors (Lipinski definition) is 3. The van der Waals surface area contributed by atoms with Gasteiger partial charge >= 0.3 is 0 Å². The Balaban J connectivity index is 2.50. The molecule has 0 heterocycles. The molecule has 3 N–H and O–H groups in total. The van der Waals surface area contributed by atoms with Crippen LogP contribution in [0.3, 0.4) is 0 Å². The van der Waals surface area contributed by atoms with E-state index >= 15 is 0 Å². The molecule has 1 rings (SSSR count). The van der Waals surface area contributed by atoms with Crippen molar-refractivity contribution in [2.24, 2.45) is 5.92 Å². The number of rotatable bonds is 8.